The highest BCUT2D eigenvalue weighted by Crippen LogP contribution is 2.18. The van der Waals surface area contributed by atoms with E-state index < -0.39 is 12.0 Å². The molecular formula is C14H16BrNO4. The Kier molecular flexibility index (Phi) is 5.14. The van der Waals surface area contributed by atoms with E-state index in [4.69, 9.17) is 9.84 Å². The predicted molar refractivity (Wildman–Crippen MR) is 76.4 cm³/mol. The molecule has 6 heteroatoms. The number of nitrogens with zero attached hydrogens (tertiary/aromatic N) is 1. The highest BCUT2D eigenvalue weighted by atomic mass is 79.9. The van der Waals surface area contributed by atoms with Crippen molar-refractivity contribution in [1.29, 1.82) is 0 Å². The van der Waals surface area contributed by atoms with Crippen LogP contribution in [0.5, 0.6) is 0 Å². The largest absolute Gasteiger partial charge is 0.480 e. The zero-order valence-corrected chi connectivity index (χ0v) is 12.5. The topological polar surface area (TPSA) is 66.8 Å². The number of ether oxygens (including phenoxy) is 1. The maximum Gasteiger partial charge on any atom is 0.328 e. The van der Waals surface area contributed by atoms with Crippen LogP contribution in [0.25, 0.3) is 0 Å². The zero-order chi connectivity index (χ0) is 14.5. The number of hydrogen-bond acceptors (Lipinski definition) is 3. The number of amides is 1. The Morgan fingerprint density at radius 2 is 2.15 bits per heavy atom. The minimum Gasteiger partial charge on any atom is -0.480 e. The van der Waals surface area contributed by atoms with Crippen molar-refractivity contribution in [3.05, 3.63) is 34.3 Å². The van der Waals surface area contributed by atoms with Crippen molar-refractivity contribution in [2.75, 3.05) is 19.8 Å². The Bertz CT molecular complexity index is 506. The van der Waals surface area contributed by atoms with E-state index in [1.807, 2.05) is 24.3 Å². The van der Waals surface area contributed by atoms with Crippen molar-refractivity contribution >= 4 is 27.8 Å². The Balaban J connectivity index is 1.97. The lowest BCUT2D eigenvalue weighted by atomic mass is 10.1. The van der Waals surface area contributed by atoms with Crippen molar-refractivity contribution in [2.45, 2.75) is 18.9 Å². The first-order valence-electron chi connectivity index (χ1n) is 6.43. The van der Waals surface area contributed by atoms with Crippen LogP contribution in [0.1, 0.15) is 12.0 Å². The van der Waals surface area contributed by atoms with Gasteiger partial charge in [0.05, 0.1) is 13.2 Å². The first kappa shape index (κ1) is 15.0. The number of aliphatic carboxylic acids is 1. The second kappa shape index (κ2) is 6.85. The highest BCUT2D eigenvalue weighted by Gasteiger charge is 2.32. The zero-order valence-electron chi connectivity index (χ0n) is 10.9. The molecule has 1 amide bonds. The molecule has 1 aromatic rings. The average Bonchev–Trinajstić information content (AvgIpc) is 2.46. The highest BCUT2D eigenvalue weighted by molar-refractivity contribution is 9.10. The molecule has 0 bridgehead atoms. The van der Waals surface area contributed by atoms with Crippen molar-refractivity contribution in [1.82, 2.24) is 4.90 Å². The van der Waals surface area contributed by atoms with Crippen molar-refractivity contribution < 1.29 is 19.4 Å². The minimum atomic E-state index is -1.01. The number of carboxylic acid groups (broad SMARTS) is 1. The van der Waals surface area contributed by atoms with Gasteiger partial charge in [0, 0.05) is 17.4 Å². The van der Waals surface area contributed by atoms with Gasteiger partial charge in [-0.15, -0.1) is 0 Å². The molecule has 1 aromatic carbocycles. The number of benzene rings is 1. The van der Waals surface area contributed by atoms with Gasteiger partial charge in [-0.2, -0.15) is 0 Å². The molecule has 1 aliphatic rings. The Hall–Kier alpha value is -1.40. The molecule has 5 nitrogen and oxygen atoms in total. The van der Waals surface area contributed by atoms with Gasteiger partial charge in [0.15, 0.2) is 6.04 Å². The number of carboxylic acids is 1. The average molecular weight is 342 g/mol. The summed E-state index contributed by atoms with van der Waals surface area (Å²) >= 11 is 3.44. The molecule has 2 rings (SSSR count). The molecule has 1 atom stereocenters. The van der Waals surface area contributed by atoms with Crippen LogP contribution < -0.4 is 0 Å². The van der Waals surface area contributed by atoms with Crippen LogP contribution in [-0.2, 0) is 20.7 Å². The molecule has 1 fully saturated rings. The fraction of sp³-hybridized carbons (Fsp3) is 0.429. The summed E-state index contributed by atoms with van der Waals surface area (Å²) in [6.07, 6.45) is 0.885. The molecule has 0 radical (unpaired) electrons. The van der Waals surface area contributed by atoms with Gasteiger partial charge < -0.3 is 14.7 Å². The van der Waals surface area contributed by atoms with Crippen LogP contribution in [0.4, 0.5) is 0 Å². The minimum absolute atomic E-state index is 0.0656. The molecule has 0 saturated carbocycles. The monoisotopic (exact) mass is 341 g/mol. The van der Waals surface area contributed by atoms with E-state index >= 15 is 0 Å². The van der Waals surface area contributed by atoms with Gasteiger partial charge in [0.2, 0.25) is 5.91 Å². The number of carbonyl (C=O) groups is 2. The van der Waals surface area contributed by atoms with Crippen LogP contribution in [0, 0.1) is 0 Å². The van der Waals surface area contributed by atoms with Crippen molar-refractivity contribution in [3.8, 4) is 0 Å². The second-order valence-electron chi connectivity index (χ2n) is 4.61. The maximum absolute atomic E-state index is 12.2. The van der Waals surface area contributed by atoms with Crippen LogP contribution in [0.2, 0.25) is 0 Å². The third-order valence-corrected chi connectivity index (χ3v) is 4.07. The smallest absolute Gasteiger partial charge is 0.328 e. The Morgan fingerprint density at radius 1 is 1.40 bits per heavy atom. The van der Waals surface area contributed by atoms with Gasteiger partial charge in [0.1, 0.15) is 0 Å². The van der Waals surface area contributed by atoms with Crippen molar-refractivity contribution in [3.63, 3.8) is 0 Å². The summed E-state index contributed by atoms with van der Waals surface area (Å²) in [4.78, 5) is 24.7. The number of morpholine rings is 1. The Labute approximate surface area is 125 Å². The first-order chi connectivity index (χ1) is 9.59. The number of halogens is 1. The third kappa shape index (κ3) is 3.58. The summed E-state index contributed by atoms with van der Waals surface area (Å²) in [6.45, 7) is 0.798. The number of carbonyl (C=O) groups excluding carboxylic acids is 1. The summed E-state index contributed by atoms with van der Waals surface area (Å²) in [5.74, 6) is -1.16. The van der Waals surface area contributed by atoms with Gasteiger partial charge in [-0.05, 0) is 18.1 Å². The van der Waals surface area contributed by atoms with E-state index in [0.29, 0.717) is 26.0 Å². The predicted octanol–water partition coefficient (Wildman–Crippen LogP) is 1.69. The lowest BCUT2D eigenvalue weighted by Gasteiger charge is -2.33. The fourth-order valence-electron chi connectivity index (χ4n) is 2.19. The standard InChI is InChI=1S/C14H16BrNO4/c15-11-4-2-1-3-10(11)5-6-13(17)16-7-8-20-9-12(16)14(18)19/h1-4,12H,5-9H2,(H,18,19). The summed E-state index contributed by atoms with van der Waals surface area (Å²) in [5.41, 5.74) is 1.04. The van der Waals surface area contributed by atoms with E-state index in [-0.39, 0.29) is 12.5 Å². The first-order valence-corrected chi connectivity index (χ1v) is 7.22. The molecule has 1 aliphatic heterocycles. The van der Waals surface area contributed by atoms with Crippen LogP contribution in [0.15, 0.2) is 28.7 Å². The van der Waals surface area contributed by atoms with E-state index in [1.54, 1.807) is 0 Å². The van der Waals surface area contributed by atoms with E-state index in [1.165, 1.54) is 4.90 Å². The maximum atomic E-state index is 12.2. The third-order valence-electron chi connectivity index (χ3n) is 3.30. The summed E-state index contributed by atoms with van der Waals surface area (Å²) < 4.78 is 6.09. The molecule has 1 saturated heterocycles. The molecular weight excluding hydrogens is 326 g/mol. The molecule has 0 aliphatic carbocycles. The number of aryl methyl sites for hydroxylation is 1. The normalized spacial score (nSPS) is 18.9. The van der Waals surface area contributed by atoms with Gasteiger partial charge in [-0.1, -0.05) is 34.1 Å². The molecule has 20 heavy (non-hydrogen) atoms. The quantitative estimate of drug-likeness (QED) is 0.904. The number of hydrogen-bond donors (Lipinski definition) is 1. The summed E-state index contributed by atoms with van der Waals surface area (Å²) in [7, 11) is 0. The molecule has 0 aromatic heterocycles. The SMILES string of the molecule is O=C(O)C1COCCN1C(=O)CCc1ccccc1Br. The molecule has 0 spiro atoms. The van der Waals surface area contributed by atoms with E-state index in [2.05, 4.69) is 15.9 Å². The van der Waals surface area contributed by atoms with Gasteiger partial charge in [-0.3, -0.25) is 4.79 Å². The van der Waals surface area contributed by atoms with Gasteiger partial charge in [0.25, 0.3) is 0 Å². The van der Waals surface area contributed by atoms with Gasteiger partial charge in [-0.25, -0.2) is 4.79 Å². The van der Waals surface area contributed by atoms with Crippen LogP contribution in [0.3, 0.4) is 0 Å². The van der Waals surface area contributed by atoms with Crippen molar-refractivity contribution in [2.24, 2.45) is 0 Å². The molecule has 1 heterocycles. The lowest BCUT2D eigenvalue weighted by molar-refractivity contribution is -0.158. The molecule has 108 valence electrons. The van der Waals surface area contributed by atoms with E-state index in [0.717, 1.165) is 10.0 Å². The number of rotatable bonds is 4. The molecule has 1 N–H and O–H groups in total. The van der Waals surface area contributed by atoms with E-state index in [9.17, 15) is 9.59 Å². The van der Waals surface area contributed by atoms with Gasteiger partial charge >= 0.3 is 5.97 Å². The fourth-order valence-corrected chi connectivity index (χ4v) is 2.68. The lowest BCUT2D eigenvalue weighted by Crippen LogP contribution is -2.52. The molecule has 1 unspecified atom stereocenters. The second-order valence-corrected chi connectivity index (χ2v) is 5.46. The van der Waals surface area contributed by atoms with Crippen LogP contribution in [-0.4, -0.2) is 47.7 Å². The Morgan fingerprint density at radius 3 is 2.85 bits per heavy atom. The summed E-state index contributed by atoms with van der Waals surface area (Å²) in [5, 5.41) is 9.11. The summed E-state index contributed by atoms with van der Waals surface area (Å²) in [6, 6.07) is 6.84. The van der Waals surface area contributed by atoms with Crippen LogP contribution >= 0.6 is 15.9 Å².